The maximum atomic E-state index is 12.7. The number of fused-ring (bicyclic) bond motifs is 1. The Morgan fingerprint density at radius 2 is 1.73 bits per heavy atom. The first-order chi connectivity index (χ1) is 19.5. The lowest BCUT2D eigenvalue weighted by Crippen LogP contribution is -2.45. The third-order valence-electron chi connectivity index (χ3n) is 6.12. The molecule has 214 valence electrons. The zero-order valence-corrected chi connectivity index (χ0v) is 22.1. The minimum absolute atomic E-state index is 0.162. The van der Waals surface area contributed by atoms with Crippen LogP contribution in [0, 0.1) is 19.3 Å². The van der Waals surface area contributed by atoms with Gasteiger partial charge in [-0.25, -0.2) is 14.6 Å². The fourth-order valence-corrected chi connectivity index (χ4v) is 4.02. The number of aliphatic hydroxyl groups excluding tert-OH is 1. The molecule has 1 heterocycles. The highest BCUT2D eigenvalue weighted by Crippen LogP contribution is 2.20. The van der Waals surface area contributed by atoms with Crippen LogP contribution in [0.25, 0.3) is 10.9 Å². The van der Waals surface area contributed by atoms with Crippen LogP contribution >= 0.6 is 0 Å². The molecule has 41 heavy (non-hydrogen) atoms. The van der Waals surface area contributed by atoms with Crippen LogP contribution in [-0.2, 0) is 20.9 Å². The molecule has 0 unspecified atom stereocenters. The zero-order chi connectivity index (χ0) is 30.1. The highest BCUT2D eigenvalue weighted by Gasteiger charge is 2.24. The van der Waals surface area contributed by atoms with Crippen LogP contribution in [-0.4, -0.2) is 74.3 Å². The van der Waals surface area contributed by atoms with Crippen LogP contribution in [0.2, 0.25) is 0 Å². The minimum Gasteiger partial charge on any atom is -0.480 e. The number of carbonyl (C=O) groups excluding carboxylic acids is 2. The molecule has 13 nitrogen and oxygen atoms in total. The first-order valence-corrected chi connectivity index (χ1v) is 12.5. The molecule has 6 N–H and O–H groups in total. The van der Waals surface area contributed by atoms with Gasteiger partial charge in [-0.1, -0.05) is 12.0 Å². The Morgan fingerprint density at radius 3 is 2.34 bits per heavy atom. The Balaban J connectivity index is 1.67. The first kappa shape index (κ1) is 30.3. The van der Waals surface area contributed by atoms with Gasteiger partial charge in [0.1, 0.15) is 17.9 Å². The molecule has 13 heteroatoms. The number of H-pyrrole nitrogens is 1. The second-order valence-electron chi connectivity index (χ2n) is 9.15. The van der Waals surface area contributed by atoms with Gasteiger partial charge in [0.05, 0.1) is 24.1 Å². The van der Waals surface area contributed by atoms with Crippen LogP contribution in [0.4, 0.5) is 5.69 Å². The van der Waals surface area contributed by atoms with Crippen molar-refractivity contribution in [1.29, 1.82) is 0 Å². The zero-order valence-electron chi connectivity index (χ0n) is 22.1. The lowest BCUT2D eigenvalue weighted by atomic mass is 10.1. The molecule has 0 aliphatic carbocycles. The summed E-state index contributed by atoms with van der Waals surface area (Å²) in [7, 11) is 0. The van der Waals surface area contributed by atoms with Gasteiger partial charge >= 0.3 is 11.9 Å². The molecule has 0 radical (unpaired) electrons. The largest absolute Gasteiger partial charge is 0.480 e. The van der Waals surface area contributed by atoms with Crippen molar-refractivity contribution >= 4 is 40.3 Å². The van der Waals surface area contributed by atoms with Gasteiger partial charge in [-0.15, -0.1) is 6.42 Å². The maximum Gasteiger partial charge on any atom is 0.328 e. The van der Waals surface area contributed by atoms with Crippen LogP contribution in [0.1, 0.15) is 34.6 Å². The SMILES string of the molecule is C#CCN(Cc1ccc2nc(C)[nH]c(=O)c2c1)c1ccc(C(=O)N[C@@H](CCC(=O)N[C@@H](CO)C(=O)O)C(=O)O)cc1. The number of carbonyl (C=O) groups is 4. The number of aliphatic carboxylic acids is 2. The molecule has 2 atom stereocenters. The van der Waals surface area contributed by atoms with Crippen LogP contribution in [0.15, 0.2) is 47.3 Å². The topological polar surface area (TPSA) is 202 Å². The van der Waals surface area contributed by atoms with Gasteiger partial charge in [0.25, 0.3) is 11.5 Å². The molecule has 2 amide bonds. The van der Waals surface area contributed by atoms with Crippen molar-refractivity contribution in [2.24, 2.45) is 0 Å². The number of anilines is 1. The predicted octanol–water partition coefficient (Wildman–Crippen LogP) is 0.396. The van der Waals surface area contributed by atoms with E-state index in [1.54, 1.807) is 31.2 Å². The summed E-state index contributed by atoms with van der Waals surface area (Å²) in [5.41, 5.74) is 1.98. The summed E-state index contributed by atoms with van der Waals surface area (Å²) >= 11 is 0. The summed E-state index contributed by atoms with van der Waals surface area (Å²) in [5.74, 6) is -1.19. The van der Waals surface area contributed by atoms with E-state index in [-0.39, 0.29) is 24.1 Å². The van der Waals surface area contributed by atoms with Crippen LogP contribution < -0.4 is 21.1 Å². The van der Waals surface area contributed by atoms with Gasteiger partial charge < -0.3 is 35.8 Å². The van der Waals surface area contributed by atoms with Gasteiger partial charge in [-0.3, -0.25) is 14.4 Å². The van der Waals surface area contributed by atoms with Crippen LogP contribution in [0.3, 0.4) is 0 Å². The fraction of sp³-hybridized carbons (Fsp3) is 0.286. The number of nitrogens with one attached hydrogen (secondary N) is 3. The van der Waals surface area contributed by atoms with E-state index >= 15 is 0 Å². The number of carboxylic acid groups (broad SMARTS) is 2. The summed E-state index contributed by atoms with van der Waals surface area (Å²) in [6.07, 6.45) is 4.87. The Bertz CT molecular complexity index is 1540. The number of terminal acetylenes is 1. The lowest BCUT2D eigenvalue weighted by Gasteiger charge is -2.23. The minimum atomic E-state index is -1.52. The fourth-order valence-electron chi connectivity index (χ4n) is 4.02. The van der Waals surface area contributed by atoms with E-state index in [0.29, 0.717) is 29.0 Å². The number of hydrogen-bond donors (Lipinski definition) is 6. The molecule has 0 bridgehead atoms. The number of amides is 2. The quantitative estimate of drug-likeness (QED) is 0.158. The molecule has 2 aromatic carbocycles. The number of aliphatic hydroxyl groups is 1. The number of hydrogen-bond acceptors (Lipinski definition) is 8. The monoisotopic (exact) mass is 563 g/mol. The summed E-state index contributed by atoms with van der Waals surface area (Å²) < 4.78 is 0. The summed E-state index contributed by atoms with van der Waals surface area (Å²) in [4.78, 5) is 68.4. The summed E-state index contributed by atoms with van der Waals surface area (Å²) in [6, 6.07) is 8.70. The van der Waals surface area contributed by atoms with E-state index in [1.165, 1.54) is 12.1 Å². The molecule has 0 aliphatic heterocycles. The average molecular weight is 564 g/mol. The molecular formula is C28H29N5O8. The number of aromatic amines is 1. The number of nitrogens with zero attached hydrogens (tertiary/aromatic N) is 2. The van der Waals surface area contributed by atoms with Crippen molar-refractivity contribution in [2.45, 2.75) is 38.4 Å². The summed E-state index contributed by atoms with van der Waals surface area (Å²) in [6.45, 7) is 1.47. The van der Waals surface area contributed by atoms with E-state index in [4.69, 9.17) is 16.6 Å². The Kier molecular flexibility index (Phi) is 10.1. The third kappa shape index (κ3) is 8.13. The first-order valence-electron chi connectivity index (χ1n) is 12.5. The molecular weight excluding hydrogens is 534 g/mol. The highest BCUT2D eigenvalue weighted by molar-refractivity contribution is 5.97. The number of aryl methyl sites for hydroxylation is 1. The van der Waals surface area contributed by atoms with Gasteiger partial charge in [0, 0.05) is 24.2 Å². The van der Waals surface area contributed by atoms with E-state index < -0.39 is 48.9 Å². The third-order valence-corrected chi connectivity index (χ3v) is 6.12. The molecule has 0 aliphatic rings. The number of benzene rings is 2. The second kappa shape index (κ2) is 13.7. The van der Waals surface area contributed by atoms with Crippen molar-refractivity contribution in [2.75, 3.05) is 18.1 Å². The highest BCUT2D eigenvalue weighted by atomic mass is 16.4. The van der Waals surface area contributed by atoms with E-state index in [9.17, 15) is 29.1 Å². The van der Waals surface area contributed by atoms with Gasteiger partial charge in [-0.2, -0.15) is 0 Å². The molecule has 0 fully saturated rings. The van der Waals surface area contributed by atoms with Crippen molar-refractivity contribution in [3.05, 3.63) is 69.8 Å². The van der Waals surface area contributed by atoms with E-state index in [2.05, 4.69) is 26.5 Å². The van der Waals surface area contributed by atoms with Crippen molar-refractivity contribution in [3.63, 3.8) is 0 Å². The predicted molar refractivity (Wildman–Crippen MR) is 148 cm³/mol. The molecule has 0 saturated heterocycles. The van der Waals surface area contributed by atoms with Crippen molar-refractivity contribution in [3.8, 4) is 12.3 Å². The van der Waals surface area contributed by atoms with Crippen molar-refractivity contribution < 1.29 is 34.5 Å². The number of carboxylic acids is 2. The Hall–Kier alpha value is -5.22. The summed E-state index contributed by atoms with van der Waals surface area (Å²) in [5, 5.41) is 32.2. The van der Waals surface area contributed by atoms with Gasteiger partial charge in [-0.05, 0) is 55.3 Å². The number of aromatic nitrogens is 2. The molecule has 3 aromatic rings. The van der Waals surface area contributed by atoms with E-state index in [1.807, 2.05) is 11.0 Å². The smallest absolute Gasteiger partial charge is 0.328 e. The maximum absolute atomic E-state index is 12.7. The number of rotatable bonds is 13. The molecule has 0 spiro atoms. The average Bonchev–Trinajstić information content (AvgIpc) is 2.93. The Morgan fingerprint density at radius 1 is 1.05 bits per heavy atom. The van der Waals surface area contributed by atoms with Crippen LogP contribution in [0.5, 0.6) is 0 Å². The molecule has 0 saturated carbocycles. The van der Waals surface area contributed by atoms with Gasteiger partial charge in [0.15, 0.2) is 0 Å². The standard InChI is InChI=1S/C28H29N5O8/c1-3-12-33(14-17-4-9-21-20(13-17)26(37)30-16(2)29-21)19-7-5-18(6-8-19)25(36)32-22(27(38)39)10-11-24(35)31-23(15-34)28(40)41/h1,4-9,13,22-23,34H,10-12,14-15H2,2H3,(H,31,35)(H,32,36)(H,38,39)(H,40,41)(H,29,30,37)/t22-,23-/m0/s1. The van der Waals surface area contributed by atoms with Crippen molar-refractivity contribution in [1.82, 2.24) is 20.6 Å². The molecule has 3 rings (SSSR count). The van der Waals surface area contributed by atoms with E-state index in [0.717, 1.165) is 5.56 Å². The van der Waals surface area contributed by atoms with Gasteiger partial charge in [0.2, 0.25) is 5.91 Å². The Labute approximate surface area is 234 Å². The second-order valence-corrected chi connectivity index (χ2v) is 9.15. The lowest BCUT2D eigenvalue weighted by molar-refractivity contribution is -0.143. The normalized spacial score (nSPS) is 12.1. The molecule has 1 aromatic heterocycles.